The van der Waals surface area contributed by atoms with Gasteiger partial charge in [-0.25, -0.2) is 8.42 Å². The van der Waals surface area contributed by atoms with E-state index >= 15 is 0 Å². The Bertz CT molecular complexity index is 701. The van der Waals surface area contributed by atoms with Gasteiger partial charge in [0.15, 0.2) is 9.84 Å². The summed E-state index contributed by atoms with van der Waals surface area (Å²) in [7, 11) is -3.31. The van der Waals surface area contributed by atoms with Gasteiger partial charge < -0.3 is 4.79 Å². The summed E-state index contributed by atoms with van der Waals surface area (Å²) < 4.78 is 24.5. The molecule has 0 bridgehead atoms. The van der Waals surface area contributed by atoms with Crippen LogP contribution in [0.2, 0.25) is 0 Å². The zero-order valence-electron chi connectivity index (χ0n) is 12.0. The van der Waals surface area contributed by atoms with Crippen molar-refractivity contribution < 1.29 is 13.2 Å². The highest BCUT2D eigenvalue weighted by molar-refractivity contribution is 7.90. The van der Waals surface area contributed by atoms with Crippen LogP contribution < -0.4 is 0 Å². The van der Waals surface area contributed by atoms with Gasteiger partial charge in [0, 0.05) is 6.42 Å². The monoisotopic (exact) mass is 302 g/mol. The highest BCUT2D eigenvalue weighted by Gasteiger charge is 2.14. The summed E-state index contributed by atoms with van der Waals surface area (Å²) in [5, 5.41) is 0. The SMILES string of the molecule is CC(=O)CCc1ccc(CS(=O)(=O)c2ccccc2)cc1. The third-order valence-corrected chi connectivity index (χ3v) is 4.95. The number of Topliss-reactive ketones (excluding diaryl/α,β-unsaturated/α-hetero) is 1. The van der Waals surface area contributed by atoms with Crippen molar-refractivity contribution in [1.82, 2.24) is 0 Å². The summed E-state index contributed by atoms with van der Waals surface area (Å²) in [6.07, 6.45) is 1.21. The van der Waals surface area contributed by atoms with Gasteiger partial charge in [0.25, 0.3) is 0 Å². The van der Waals surface area contributed by atoms with Crippen molar-refractivity contribution >= 4 is 15.6 Å². The first-order valence-electron chi connectivity index (χ1n) is 6.82. The number of sulfone groups is 1. The fraction of sp³-hybridized carbons (Fsp3) is 0.235. The second-order valence-corrected chi connectivity index (χ2v) is 7.08. The van der Waals surface area contributed by atoms with Gasteiger partial charge in [-0.3, -0.25) is 0 Å². The van der Waals surface area contributed by atoms with Gasteiger partial charge in [0.05, 0.1) is 10.6 Å². The van der Waals surface area contributed by atoms with Gasteiger partial charge in [-0.2, -0.15) is 0 Å². The van der Waals surface area contributed by atoms with E-state index < -0.39 is 9.84 Å². The molecule has 4 heteroatoms. The molecule has 0 aliphatic rings. The van der Waals surface area contributed by atoms with E-state index in [9.17, 15) is 13.2 Å². The summed E-state index contributed by atoms with van der Waals surface area (Å²) in [6, 6.07) is 15.9. The third kappa shape index (κ3) is 4.53. The number of carbonyl (C=O) groups is 1. The minimum atomic E-state index is -3.31. The lowest BCUT2D eigenvalue weighted by Crippen LogP contribution is -2.04. The first kappa shape index (κ1) is 15.4. The smallest absolute Gasteiger partial charge is 0.182 e. The maximum absolute atomic E-state index is 12.3. The largest absolute Gasteiger partial charge is 0.300 e. The maximum Gasteiger partial charge on any atom is 0.182 e. The predicted molar refractivity (Wildman–Crippen MR) is 82.8 cm³/mol. The Morgan fingerprint density at radius 2 is 1.48 bits per heavy atom. The van der Waals surface area contributed by atoms with Crippen LogP contribution >= 0.6 is 0 Å². The van der Waals surface area contributed by atoms with Crippen molar-refractivity contribution in [3.8, 4) is 0 Å². The molecule has 0 amide bonds. The van der Waals surface area contributed by atoms with Gasteiger partial charge >= 0.3 is 0 Å². The van der Waals surface area contributed by atoms with E-state index in [4.69, 9.17) is 0 Å². The van der Waals surface area contributed by atoms with Crippen LogP contribution in [-0.4, -0.2) is 14.2 Å². The molecule has 21 heavy (non-hydrogen) atoms. The zero-order chi connectivity index (χ0) is 15.3. The number of ketones is 1. The normalized spacial score (nSPS) is 11.3. The Morgan fingerprint density at radius 1 is 0.905 bits per heavy atom. The molecule has 0 spiro atoms. The molecule has 0 fully saturated rings. The minimum Gasteiger partial charge on any atom is -0.300 e. The molecule has 0 unspecified atom stereocenters. The Kier molecular flexibility index (Phi) is 4.91. The molecule has 0 saturated heterocycles. The fourth-order valence-corrected chi connectivity index (χ4v) is 3.42. The molecule has 0 radical (unpaired) electrons. The molecular formula is C17H18O3S. The molecule has 2 rings (SSSR count). The van der Waals surface area contributed by atoms with E-state index in [2.05, 4.69) is 0 Å². The number of hydrogen-bond donors (Lipinski definition) is 0. The molecular weight excluding hydrogens is 284 g/mol. The van der Waals surface area contributed by atoms with Crippen molar-refractivity contribution in [2.45, 2.75) is 30.4 Å². The topological polar surface area (TPSA) is 51.2 Å². The molecule has 110 valence electrons. The first-order chi connectivity index (χ1) is 9.97. The Labute approximate surface area is 125 Å². The lowest BCUT2D eigenvalue weighted by Gasteiger charge is -2.06. The minimum absolute atomic E-state index is 0.00992. The third-order valence-electron chi connectivity index (χ3n) is 3.25. The van der Waals surface area contributed by atoms with Crippen molar-refractivity contribution in [3.63, 3.8) is 0 Å². The summed E-state index contributed by atoms with van der Waals surface area (Å²) in [6.45, 7) is 1.57. The van der Waals surface area contributed by atoms with Crippen molar-refractivity contribution in [3.05, 3.63) is 65.7 Å². The van der Waals surface area contributed by atoms with Gasteiger partial charge in [-0.05, 0) is 36.6 Å². The standard InChI is InChI=1S/C17H18O3S/c1-14(18)7-8-15-9-11-16(12-10-15)13-21(19,20)17-5-3-2-4-6-17/h2-6,9-12H,7-8,13H2,1H3. The highest BCUT2D eigenvalue weighted by Crippen LogP contribution is 2.17. The summed E-state index contributed by atoms with van der Waals surface area (Å²) in [5.41, 5.74) is 1.80. The summed E-state index contributed by atoms with van der Waals surface area (Å²) in [5.74, 6) is 0.148. The van der Waals surface area contributed by atoms with Crippen LogP contribution in [0.25, 0.3) is 0 Å². The van der Waals surface area contributed by atoms with Crippen molar-refractivity contribution in [2.24, 2.45) is 0 Å². The van der Waals surface area contributed by atoms with E-state index in [1.165, 1.54) is 0 Å². The lowest BCUT2D eigenvalue weighted by atomic mass is 10.1. The van der Waals surface area contributed by atoms with E-state index in [1.807, 2.05) is 24.3 Å². The quantitative estimate of drug-likeness (QED) is 0.823. The maximum atomic E-state index is 12.3. The van der Waals surface area contributed by atoms with Crippen LogP contribution in [0.5, 0.6) is 0 Å². The van der Waals surface area contributed by atoms with Crippen LogP contribution in [0.4, 0.5) is 0 Å². The summed E-state index contributed by atoms with van der Waals surface area (Å²) in [4.78, 5) is 11.3. The molecule has 2 aromatic rings. The molecule has 0 heterocycles. The van der Waals surface area contributed by atoms with Gasteiger partial charge in [0.2, 0.25) is 0 Å². The molecule has 2 aromatic carbocycles. The van der Waals surface area contributed by atoms with E-state index in [1.54, 1.807) is 37.3 Å². The Morgan fingerprint density at radius 3 is 2.05 bits per heavy atom. The first-order valence-corrected chi connectivity index (χ1v) is 8.48. The number of benzene rings is 2. The molecule has 0 aliphatic heterocycles. The Hall–Kier alpha value is -1.94. The number of hydrogen-bond acceptors (Lipinski definition) is 3. The zero-order valence-corrected chi connectivity index (χ0v) is 12.8. The van der Waals surface area contributed by atoms with Crippen LogP contribution in [0, 0.1) is 0 Å². The van der Waals surface area contributed by atoms with E-state index in [0.29, 0.717) is 17.7 Å². The van der Waals surface area contributed by atoms with Crippen LogP contribution in [0.1, 0.15) is 24.5 Å². The lowest BCUT2D eigenvalue weighted by molar-refractivity contribution is -0.116. The van der Waals surface area contributed by atoms with Crippen LogP contribution in [0.15, 0.2) is 59.5 Å². The van der Waals surface area contributed by atoms with Gasteiger partial charge in [0.1, 0.15) is 5.78 Å². The van der Waals surface area contributed by atoms with Crippen molar-refractivity contribution in [2.75, 3.05) is 0 Å². The predicted octanol–water partition coefficient (Wildman–Crippen LogP) is 3.18. The van der Waals surface area contributed by atoms with Gasteiger partial charge in [-0.15, -0.1) is 0 Å². The van der Waals surface area contributed by atoms with E-state index in [0.717, 1.165) is 11.1 Å². The molecule has 0 N–H and O–H groups in total. The summed E-state index contributed by atoms with van der Waals surface area (Å²) >= 11 is 0. The molecule has 0 saturated carbocycles. The fourth-order valence-electron chi connectivity index (χ4n) is 2.05. The van der Waals surface area contributed by atoms with E-state index in [-0.39, 0.29) is 11.5 Å². The van der Waals surface area contributed by atoms with Crippen LogP contribution in [-0.2, 0) is 26.8 Å². The number of aryl methyl sites for hydroxylation is 1. The average Bonchev–Trinajstić information content (AvgIpc) is 2.47. The number of rotatable bonds is 6. The van der Waals surface area contributed by atoms with Crippen LogP contribution in [0.3, 0.4) is 0 Å². The number of carbonyl (C=O) groups excluding carboxylic acids is 1. The second-order valence-electron chi connectivity index (χ2n) is 5.09. The highest BCUT2D eigenvalue weighted by atomic mass is 32.2. The molecule has 0 atom stereocenters. The molecule has 0 aliphatic carbocycles. The van der Waals surface area contributed by atoms with Crippen molar-refractivity contribution in [1.29, 1.82) is 0 Å². The van der Waals surface area contributed by atoms with Gasteiger partial charge in [-0.1, -0.05) is 42.5 Å². The second kappa shape index (κ2) is 6.68. The molecule has 0 aromatic heterocycles. The average molecular weight is 302 g/mol. The molecule has 3 nitrogen and oxygen atoms in total. The Balaban J connectivity index is 2.08.